The van der Waals surface area contributed by atoms with E-state index in [2.05, 4.69) is 0 Å². The van der Waals surface area contributed by atoms with Crippen LogP contribution in [0.5, 0.6) is 0 Å². The van der Waals surface area contributed by atoms with Crippen molar-refractivity contribution >= 4 is 17.7 Å². The average Bonchev–Trinajstić information content (AvgIpc) is 2.87. The number of halogens is 4. The molecule has 1 aliphatic heterocycles. The highest BCUT2D eigenvalue weighted by Crippen LogP contribution is 2.44. The van der Waals surface area contributed by atoms with E-state index in [4.69, 9.17) is 4.74 Å². The molecule has 1 saturated heterocycles. The molecule has 0 saturated carbocycles. The molecule has 2 rings (SSSR count). The third-order valence-electron chi connectivity index (χ3n) is 3.59. The SMILES string of the molecule is CCCOCCCN1C(=O)CSC1c1cc(F)ccc1C(F)(F)F. The second-order valence-corrected chi connectivity index (χ2v) is 6.51. The topological polar surface area (TPSA) is 29.5 Å². The summed E-state index contributed by atoms with van der Waals surface area (Å²) in [5, 5.41) is -0.823. The third-order valence-corrected chi connectivity index (χ3v) is 4.83. The second kappa shape index (κ2) is 8.20. The molecule has 1 aliphatic rings. The Labute approximate surface area is 142 Å². The van der Waals surface area contributed by atoms with Gasteiger partial charge in [-0.15, -0.1) is 11.8 Å². The van der Waals surface area contributed by atoms with Crippen LogP contribution in [0.2, 0.25) is 0 Å². The molecule has 1 aromatic carbocycles. The lowest BCUT2D eigenvalue weighted by molar-refractivity contribution is -0.139. The highest BCUT2D eigenvalue weighted by molar-refractivity contribution is 8.00. The van der Waals surface area contributed by atoms with Gasteiger partial charge < -0.3 is 9.64 Å². The molecule has 0 N–H and O–H groups in total. The van der Waals surface area contributed by atoms with Gasteiger partial charge in [-0.1, -0.05) is 6.92 Å². The number of ether oxygens (including phenoxy) is 1. The van der Waals surface area contributed by atoms with E-state index >= 15 is 0 Å². The fraction of sp³-hybridized carbons (Fsp3) is 0.562. The molecule has 0 aromatic heterocycles. The predicted octanol–water partition coefficient (Wildman–Crippen LogP) is 4.24. The molecule has 1 unspecified atom stereocenters. The van der Waals surface area contributed by atoms with Crippen molar-refractivity contribution < 1.29 is 27.1 Å². The van der Waals surface area contributed by atoms with Gasteiger partial charge in [-0.3, -0.25) is 4.79 Å². The number of nitrogens with zero attached hydrogens (tertiary/aromatic N) is 1. The monoisotopic (exact) mass is 365 g/mol. The lowest BCUT2D eigenvalue weighted by atomic mass is 10.1. The number of hydrogen-bond donors (Lipinski definition) is 0. The summed E-state index contributed by atoms with van der Waals surface area (Å²) >= 11 is 1.09. The highest BCUT2D eigenvalue weighted by atomic mass is 32.2. The summed E-state index contributed by atoms with van der Waals surface area (Å²) in [6.45, 7) is 3.30. The number of amides is 1. The number of alkyl halides is 3. The van der Waals surface area contributed by atoms with E-state index in [-0.39, 0.29) is 23.8 Å². The summed E-state index contributed by atoms with van der Waals surface area (Å²) in [7, 11) is 0. The van der Waals surface area contributed by atoms with Gasteiger partial charge in [-0.2, -0.15) is 13.2 Å². The quantitative estimate of drug-likeness (QED) is 0.535. The zero-order valence-corrected chi connectivity index (χ0v) is 14.1. The summed E-state index contributed by atoms with van der Waals surface area (Å²) in [5.41, 5.74) is -1.10. The van der Waals surface area contributed by atoms with E-state index in [0.717, 1.165) is 36.4 Å². The maximum atomic E-state index is 13.5. The Balaban J connectivity index is 2.17. The van der Waals surface area contributed by atoms with Crippen LogP contribution in [0.1, 0.15) is 36.3 Å². The zero-order chi connectivity index (χ0) is 17.7. The van der Waals surface area contributed by atoms with Gasteiger partial charge in [0.25, 0.3) is 0 Å². The Hall–Kier alpha value is -1.28. The molecule has 1 atom stereocenters. The Kier molecular flexibility index (Phi) is 6.51. The van der Waals surface area contributed by atoms with E-state index in [1.165, 1.54) is 4.90 Å². The van der Waals surface area contributed by atoms with Crippen LogP contribution in [-0.2, 0) is 15.7 Å². The van der Waals surface area contributed by atoms with Gasteiger partial charge in [0.15, 0.2) is 0 Å². The molecule has 1 fully saturated rings. The van der Waals surface area contributed by atoms with E-state index in [1.807, 2.05) is 6.92 Å². The lowest BCUT2D eigenvalue weighted by Gasteiger charge is -2.26. The van der Waals surface area contributed by atoms with Crippen LogP contribution in [-0.4, -0.2) is 36.3 Å². The number of benzene rings is 1. The van der Waals surface area contributed by atoms with Gasteiger partial charge in [0.1, 0.15) is 11.2 Å². The predicted molar refractivity (Wildman–Crippen MR) is 84.0 cm³/mol. The minimum Gasteiger partial charge on any atom is -0.381 e. The molecule has 3 nitrogen and oxygen atoms in total. The van der Waals surface area contributed by atoms with E-state index in [0.29, 0.717) is 19.6 Å². The minimum absolute atomic E-state index is 0.0916. The van der Waals surface area contributed by atoms with Gasteiger partial charge in [-0.25, -0.2) is 4.39 Å². The van der Waals surface area contributed by atoms with Crippen molar-refractivity contribution in [2.45, 2.75) is 31.3 Å². The van der Waals surface area contributed by atoms with Crippen molar-refractivity contribution in [1.29, 1.82) is 0 Å². The van der Waals surface area contributed by atoms with Crippen LogP contribution in [0.3, 0.4) is 0 Å². The van der Waals surface area contributed by atoms with E-state index < -0.39 is 22.9 Å². The standard InChI is InChI=1S/C16H19F4NO2S/c1-2-7-23-8-3-6-21-14(22)10-24-15(21)12-9-11(17)4-5-13(12)16(18,19)20/h4-5,9,15H,2-3,6-8,10H2,1H3. The van der Waals surface area contributed by atoms with Crippen LogP contribution >= 0.6 is 11.8 Å². The molecule has 134 valence electrons. The Morgan fingerprint density at radius 1 is 1.33 bits per heavy atom. The van der Waals surface area contributed by atoms with Crippen LogP contribution in [0.25, 0.3) is 0 Å². The molecule has 0 spiro atoms. The summed E-state index contributed by atoms with van der Waals surface area (Å²) < 4.78 is 58.4. The van der Waals surface area contributed by atoms with Crippen LogP contribution in [0, 0.1) is 5.82 Å². The fourth-order valence-electron chi connectivity index (χ4n) is 2.53. The molecular weight excluding hydrogens is 346 g/mol. The molecular formula is C16H19F4NO2S. The molecule has 1 heterocycles. The van der Waals surface area contributed by atoms with Gasteiger partial charge in [0.2, 0.25) is 5.91 Å². The molecule has 0 bridgehead atoms. The molecule has 0 aliphatic carbocycles. The Morgan fingerprint density at radius 3 is 2.75 bits per heavy atom. The molecule has 1 aromatic rings. The third kappa shape index (κ3) is 4.63. The zero-order valence-electron chi connectivity index (χ0n) is 13.2. The van der Waals surface area contributed by atoms with Crippen molar-refractivity contribution in [2.24, 2.45) is 0 Å². The number of hydrogen-bond acceptors (Lipinski definition) is 3. The smallest absolute Gasteiger partial charge is 0.381 e. The molecule has 8 heteroatoms. The van der Waals surface area contributed by atoms with Gasteiger partial charge in [-0.05, 0) is 36.6 Å². The summed E-state index contributed by atoms with van der Waals surface area (Å²) in [5.74, 6) is -0.893. The Bertz CT molecular complexity index is 580. The first-order chi connectivity index (χ1) is 11.3. The van der Waals surface area contributed by atoms with Crippen molar-refractivity contribution in [3.05, 3.63) is 35.1 Å². The minimum atomic E-state index is -4.59. The average molecular weight is 365 g/mol. The first kappa shape index (κ1) is 19.1. The number of carbonyl (C=O) groups excluding carboxylic acids is 1. The van der Waals surface area contributed by atoms with Crippen LogP contribution in [0.15, 0.2) is 18.2 Å². The van der Waals surface area contributed by atoms with Crippen molar-refractivity contribution in [3.8, 4) is 0 Å². The number of carbonyl (C=O) groups is 1. The van der Waals surface area contributed by atoms with E-state index in [1.54, 1.807) is 0 Å². The maximum Gasteiger partial charge on any atom is 0.416 e. The fourth-order valence-corrected chi connectivity index (χ4v) is 3.78. The van der Waals surface area contributed by atoms with Crippen molar-refractivity contribution in [1.82, 2.24) is 4.90 Å². The van der Waals surface area contributed by atoms with Gasteiger partial charge >= 0.3 is 6.18 Å². The van der Waals surface area contributed by atoms with Crippen molar-refractivity contribution in [3.63, 3.8) is 0 Å². The lowest BCUT2D eigenvalue weighted by Crippen LogP contribution is -2.31. The second-order valence-electron chi connectivity index (χ2n) is 5.45. The Morgan fingerprint density at radius 2 is 2.08 bits per heavy atom. The molecule has 24 heavy (non-hydrogen) atoms. The van der Waals surface area contributed by atoms with E-state index in [9.17, 15) is 22.4 Å². The molecule has 0 radical (unpaired) electrons. The van der Waals surface area contributed by atoms with Gasteiger partial charge in [0, 0.05) is 19.8 Å². The molecule has 1 amide bonds. The van der Waals surface area contributed by atoms with Crippen LogP contribution < -0.4 is 0 Å². The number of thioether (sulfide) groups is 1. The summed E-state index contributed by atoms with van der Waals surface area (Å²) in [4.78, 5) is 13.4. The first-order valence-electron chi connectivity index (χ1n) is 7.70. The first-order valence-corrected chi connectivity index (χ1v) is 8.75. The van der Waals surface area contributed by atoms with Crippen molar-refractivity contribution in [2.75, 3.05) is 25.5 Å². The number of rotatable bonds is 7. The maximum absolute atomic E-state index is 13.5. The normalized spacial score (nSPS) is 18.5. The highest BCUT2D eigenvalue weighted by Gasteiger charge is 2.40. The van der Waals surface area contributed by atoms with Gasteiger partial charge in [0.05, 0.1) is 11.3 Å². The summed E-state index contributed by atoms with van der Waals surface area (Å²) in [6, 6.07) is 2.40. The van der Waals surface area contributed by atoms with Crippen LogP contribution in [0.4, 0.5) is 17.6 Å². The summed E-state index contributed by atoms with van der Waals surface area (Å²) in [6.07, 6.45) is -3.19. The largest absolute Gasteiger partial charge is 0.416 e.